The van der Waals surface area contributed by atoms with E-state index in [0.717, 1.165) is 10.4 Å². The van der Waals surface area contributed by atoms with Gasteiger partial charge in [0, 0.05) is 0 Å². The molecule has 1 aromatic rings. The summed E-state index contributed by atoms with van der Waals surface area (Å²) in [5.74, 6) is 0. The Labute approximate surface area is 39.3 Å². The van der Waals surface area contributed by atoms with E-state index >= 15 is 0 Å². The van der Waals surface area contributed by atoms with Crippen LogP contribution < -0.4 is 4.23 Å². The van der Waals surface area contributed by atoms with Gasteiger partial charge in [0.15, 0.2) is 0 Å². The Balaban J connectivity index is 3.05. The second kappa shape index (κ2) is 1.26. The van der Waals surface area contributed by atoms with Crippen LogP contribution in [0.5, 0.6) is 0 Å². The molecule has 0 radical (unpaired) electrons. The number of hydrogen-bond acceptors (Lipinski definition) is 0. The highest BCUT2D eigenvalue weighted by Crippen LogP contribution is 1.58. The smallest absolute Gasteiger partial charge is 0.226 e. The summed E-state index contributed by atoms with van der Waals surface area (Å²) in [6.07, 6.45) is 5.85. The van der Waals surface area contributed by atoms with E-state index in [-0.39, 0.29) is 0 Å². The fourth-order valence-electron chi connectivity index (χ4n) is 0.364. The molecule has 0 aliphatic rings. The highest BCUT2D eigenvalue weighted by molar-refractivity contribution is 5.94. The summed E-state index contributed by atoms with van der Waals surface area (Å²) in [5.41, 5.74) is 0. The zero-order valence-corrected chi connectivity index (χ0v) is 5.68. The average Bonchev–Trinajstić information content (AvgIpc) is 1.86. The minimum Gasteiger partial charge on any atom is -0.296 e. The first kappa shape index (κ1) is 3.61. The molecule has 1 aromatic heterocycles. The molecule has 6 heavy (non-hydrogen) atoms. The van der Waals surface area contributed by atoms with Gasteiger partial charge >= 0.3 is 0 Å². The van der Waals surface area contributed by atoms with Crippen molar-refractivity contribution in [2.45, 2.75) is 0 Å². The molecule has 0 aliphatic carbocycles. The summed E-state index contributed by atoms with van der Waals surface area (Å²) in [6.45, 7) is 0. The molecule has 0 aliphatic heterocycles. The van der Waals surface area contributed by atoms with Gasteiger partial charge in [-0.15, -0.1) is 0 Å². The maximum Gasteiger partial charge on any atom is 0.226 e. The summed E-state index contributed by atoms with van der Waals surface area (Å²) in [4.78, 5) is 2.93. The first-order valence-corrected chi connectivity index (χ1v) is 2.77. The highest BCUT2D eigenvalue weighted by Gasteiger charge is 1.77. The van der Waals surface area contributed by atoms with Gasteiger partial charge in [-0.25, -0.2) is 0 Å². The van der Waals surface area contributed by atoms with E-state index < -0.39 is 0 Å². The van der Waals surface area contributed by atoms with Crippen molar-refractivity contribution in [3.8, 4) is 0 Å². The maximum atomic E-state index is 2.93. The molecule has 1 rings (SSSR count). The number of rotatable bonds is 0. The second-order valence-electron chi connectivity index (χ2n) is 1.28. The fraction of sp³-hybridized carbons (Fsp3) is 0. The lowest BCUT2D eigenvalue weighted by Gasteiger charge is -1.67. The number of hydrogen-bond donors (Lipinski definition) is 1. The van der Waals surface area contributed by atoms with Crippen LogP contribution in [0.4, 0.5) is 0 Å². The number of nitrogens with one attached hydrogen (secondary N) is 1. The minimum atomic E-state index is 1.08. The molecule has 0 bridgehead atoms. The molecular formula is C3H7N2Si+. The maximum absolute atomic E-state index is 2.93. The van der Waals surface area contributed by atoms with E-state index in [2.05, 4.69) is 9.22 Å². The van der Waals surface area contributed by atoms with Crippen LogP contribution in [0, 0.1) is 0 Å². The lowest BCUT2D eigenvalue weighted by atomic mass is 11.0. The number of nitrogens with zero attached hydrogens (tertiary/aromatic N) is 1. The van der Waals surface area contributed by atoms with Crippen molar-refractivity contribution < 1.29 is 4.23 Å². The van der Waals surface area contributed by atoms with Gasteiger partial charge < -0.3 is 0 Å². The van der Waals surface area contributed by atoms with Crippen LogP contribution in [0.3, 0.4) is 0 Å². The molecule has 0 unspecified atom stereocenters. The topological polar surface area (TPSA) is 19.7 Å². The summed E-state index contributed by atoms with van der Waals surface area (Å²) < 4.78 is 2.08. The number of aromatic nitrogens is 2. The molecule has 0 fully saturated rings. The minimum absolute atomic E-state index is 1.08. The fourth-order valence-corrected chi connectivity index (χ4v) is 0.662. The van der Waals surface area contributed by atoms with Gasteiger partial charge in [-0.3, -0.25) is 9.22 Å². The lowest BCUT2D eigenvalue weighted by molar-refractivity contribution is -0.519. The van der Waals surface area contributed by atoms with E-state index in [1.165, 1.54) is 0 Å². The molecule has 2 nitrogen and oxygen atoms in total. The summed E-state index contributed by atoms with van der Waals surface area (Å²) in [6, 6.07) is 0. The van der Waals surface area contributed by atoms with Crippen LogP contribution in [0.2, 0.25) is 0 Å². The third-order valence-corrected chi connectivity index (χ3v) is 1.24. The molecule has 1 heterocycles. The number of aromatic amines is 1. The van der Waals surface area contributed by atoms with Crippen molar-refractivity contribution >= 4 is 10.4 Å². The number of H-pyrrole nitrogens is 1. The van der Waals surface area contributed by atoms with Crippen molar-refractivity contribution in [2.75, 3.05) is 0 Å². The molecule has 0 saturated carbocycles. The lowest BCUT2D eigenvalue weighted by Crippen LogP contribution is -2.26. The zero-order valence-electron chi connectivity index (χ0n) is 3.68. The molecule has 0 atom stereocenters. The second-order valence-corrected chi connectivity index (χ2v) is 2.31. The molecule has 1 N–H and O–H groups in total. The quantitative estimate of drug-likeness (QED) is 0.379. The van der Waals surface area contributed by atoms with Gasteiger partial charge in [-0.1, -0.05) is 0 Å². The Hall–Kier alpha value is -0.573. The van der Waals surface area contributed by atoms with Crippen LogP contribution in [0.15, 0.2) is 18.7 Å². The first-order chi connectivity index (χ1) is 2.89. The van der Waals surface area contributed by atoms with Crippen molar-refractivity contribution in [1.29, 1.82) is 0 Å². The Kier molecular flexibility index (Phi) is 0.758. The van der Waals surface area contributed by atoms with Crippen molar-refractivity contribution in [3.63, 3.8) is 0 Å². The normalized spacial score (nSPS) is 9.33. The summed E-state index contributed by atoms with van der Waals surface area (Å²) in [5, 5.41) is 0. The SMILES string of the molecule is [SiH3][n+]1cc[nH]c1. The van der Waals surface area contributed by atoms with Crippen molar-refractivity contribution in [1.82, 2.24) is 4.98 Å². The van der Waals surface area contributed by atoms with E-state index in [1.54, 1.807) is 0 Å². The van der Waals surface area contributed by atoms with Gasteiger partial charge in [0.1, 0.15) is 12.4 Å². The number of imidazole rings is 1. The zero-order chi connectivity index (χ0) is 4.41. The molecule has 0 saturated heterocycles. The molecule has 0 spiro atoms. The van der Waals surface area contributed by atoms with Crippen LogP contribution >= 0.6 is 0 Å². The van der Waals surface area contributed by atoms with E-state index in [0.29, 0.717) is 0 Å². The van der Waals surface area contributed by atoms with Crippen LogP contribution in [0.1, 0.15) is 0 Å². The van der Waals surface area contributed by atoms with Gasteiger partial charge in [-0.05, 0) is 0 Å². The summed E-state index contributed by atoms with van der Waals surface area (Å²) >= 11 is 0. The average molecular weight is 99.2 g/mol. The van der Waals surface area contributed by atoms with Crippen LogP contribution in [-0.4, -0.2) is 15.4 Å². The highest BCUT2D eigenvalue weighted by atomic mass is 28.2. The summed E-state index contributed by atoms with van der Waals surface area (Å²) in [7, 11) is 1.08. The first-order valence-electron chi connectivity index (χ1n) is 1.87. The van der Waals surface area contributed by atoms with Crippen LogP contribution in [0.25, 0.3) is 0 Å². The van der Waals surface area contributed by atoms with E-state index in [9.17, 15) is 0 Å². The largest absolute Gasteiger partial charge is 0.296 e. The van der Waals surface area contributed by atoms with Crippen LogP contribution in [-0.2, 0) is 0 Å². The van der Waals surface area contributed by atoms with Gasteiger partial charge in [0.05, 0.1) is 0 Å². The van der Waals surface area contributed by atoms with Crippen molar-refractivity contribution in [2.24, 2.45) is 0 Å². The molecular weight excluding hydrogens is 92.1 g/mol. The standard InChI is InChI=1S/C3H6N2Si/c6-5-2-1-4-3-5/h1-3H,6H3/p+1. The van der Waals surface area contributed by atoms with E-state index in [4.69, 9.17) is 0 Å². The molecule has 3 heteroatoms. The van der Waals surface area contributed by atoms with Crippen molar-refractivity contribution in [3.05, 3.63) is 18.7 Å². The van der Waals surface area contributed by atoms with Gasteiger partial charge in [0.25, 0.3) is 0 Å². The Bertz CT molecular complexity index is 112. The Morgan fingerprint density at radius 2 is 2.50 bits per heavy atom. The molecule has 32 valence electrons. The Morgan fingerprint density at radius 3 is 2.67 bits per heavy atom. The van der Waals surface area contributed by atoms with Gasteiger partial charge in [0.2, 0.25) is 16.7 Å². The predicted octanol–water partition coefficient (Wildman–Crippen LogP) is -1.57. The van der Waals surface area contributed by atoms with Gasteiger partial charge in [-0.2, -0.15) is 0 Å². The molecule has 0 amide bonds. The van der Waals surface area contributed by atoms with E-state index in [1.807, 2.05) is 18.7 Å². The monoisotopic (exact) mass is 99.0 g/mol. The Morgan fingerprint density at radius 1 is 1.67 bits per heavy atom. The third-order valence-electron chi connectivity index (χ3n) is 0.684. The molecule has 0 aromatic carbocycles. The third kappa shape index (κ3) is 0.489. The predicted molar refractivity (Wildman–Crippen MR) is 26.3 cm³/mol.